The molecular weight excluding hydrogens is 464 g/mol. The first-order chi connectivity index (χ1) is 15.5. The number of hydrogen-bond donors (Lipinski definition) is 2. The van der Waals surface area contributed by atoms with Crippen LogP contribution < -0.4 is 15.1 Å². The van der Waals surface area contributed by atoms with Crippen molar-refractivity contribution in [3.63, 3.8) is 0 Å². The van der Waals surface area contributed by atoms with Gasteiger partial charge in [-0.1, -0.05) is 18.2 Å². The Kier molecular flexibility index (Phi) is 5.73. The van der Waals surface area contributed by atoms with E-state index in [1.807, 2.05) is 13.0 Å². The number of nitrogens with one attached hydrogen (secondary N) is 2. The molecule has 0 bridgehead atoms. The van der Waals surface area contributed by atoms with Gasteiger partial charge in [0.1, 0.15) is 5.58 Å². The van der Waals surface area contributed by atoms with E-state index < -0.39 is 25.7 Å². The van der Waals surface area contributed by atoms with Crippen molar-refractivity contribution in [1.82, 2.24) is 0 Å². The quantitative estimate of drug-likeness (QED) is 0.399. The summed E-state index contributed by atoms with van der Waals surface area (Å²) in [5.41, 5.74) is 1.68. The highest BCUT2D eigenvalue weighted by molar-refractivity contribution is 7.93. The van der Waals surface area contributed by atoms with Crippen LogP contribution in [0.5, 0.6) is 0 Å². The van der Waals surface area contributed by atoms with Gasteiger partial charge in [-0.2, -0.15) is 0 Å². The number of anilines is 2. The van der Waals surface area contributed by atoms with E-state index in [2.05, 4.69) is 9.44 Å². The van der Waals surface area contributed by atoms with Gasteiger partial charge in [0.15, 0.2) is 0 Å². The van der Waals surface area contributed by atoms with E-state index in [4.69, 9.17) is 4.42 Å². The predicted molar refractivity (Wildman–Crippen MR) is 126 cm³/mol. The molecule has 0 aliphatic heterocycles. The molecule has 3 aromatic carbocycles. The van der Waals surface area contributed by atoms with Crippen LogP contribution in [0.4, 0.5) is 11.4 Å². The van der Waals surface area contributed by atoms with Gasteiger partial charge < -0.3 is 4.42 Å². The maximum absolute atomic E-state index is 13.0. The molecule has 0 aliphatic rings. The summed E-state index contributed by atoms with van der Waals surface area (Å²) < 4.78 is 61.7. The Morgan fingerprint density at radius 1 is 0.727 bits per heavy atom. The number of fused-ring (bicyclic) bond motifs is 1. The fourth-order valence-electron chi connectivity index (χ4n) is 3.22. The second kappa shape index (κ2) is 8.38. The third kappa shape index (κ3) is 4.91. The van der Waals surface area contributed by atoms with Gasteiger partial charge in [0.2, 0.25) is 0 Å². The number of hydrogen-bond acceptors (Lipinski definition) is 6. The largest absolute Gasteiger partial charge is 0.423 e. The lowest BCUT2D eigenvalue weighted by atomic mass is 10.2. The highest BCUT2D eigenvalue weighted by atomic mass is 32.2. The molecule has 170 valence electrons. The Labute approximate surface area is 191 Å². The van der Waals surface area contributed by atoms with Gasteiger partial charge in [-0.05, 0) is 73.5 Å². The second-order valence-corrected chi connectivity index (χ2v) is 10.9. The molecule has 0 unspecified atom stereocenters. The van der Waals surface area contributed by atoms with Crippen molar-refractivity contribution in [2.75, 3.05) is 9.44 Å². The van der Waals surface area contributed by atoms with Crippen molar-refractivity contribution < 1.29 is 21.3 Å². The molecule has 1 aromatic heterocycles. The Balaban J connectivity index is 1.66. The molecular formula is C23H20N2O6S2. The first-order valence-corrected chi connectivity index (χ1v) is 12.8. The van der Waals surface area contributed by atoms with Gasteiger partial charge in [0, 0.05) is 17.1 Å². The minimum atomic E-state index is -4.05. The number of sulfonamides is 2. The average Bonchev–Trinajstić information content (AvgIpc) is 2.74. The maximum atomic E-state index is 13.0. The van der Waals surface area contributed by atoms with Crippen LogP contribution in [0, 0.1) is 13.8 Å². The summed E-state index contributed by atoms with van der Waals surface area (Å²) in [7, 11) is -8.00. The van der Waals surface area contributed by atoms with Crippen molar-refractivity contribution in [1.29, 1.82) is 0 Å². The lowest BCUT2D eigenvalue weighted by molar-refractivity contribution is 0.560. The number of aryl methyl sites for hydroxylation is 2. The van der Waals surface area contributed by atoms with E-state index >= 15 is 0 Å². The summed E-state index contributed by atoms with van der Waals surface area (Å²) in [6.07, 6.45) is 0. The molecule has 0 amide bonds. The molecule has 33 heavy (non-hydrogen) atoms. The van der Waals surface area contributed by atoms with E-state index in [1.165, 1.54) is 48.5 Å². The molecule has 4 rings (SSSR count). The maximum Gasteiger partial charge on any atom is 0.336 e. The third-order valence-corrected chi connectivity index (χ3v) is 7.68. The van der Waals surface area contributed by atoms with Gasteiger partial charge in [-0.3, -0.25) is 9.44 Å². The number of benzene rings is 3. The van der Waals surface area contributed by atoms with E-state index in [9.17, 15) is 21.6 Å². The zero-order chi connectivity index (χ0) is 23.8. The molecule has 0 atom stereocenters. The smallest absolute Gasteiger partial charge is 0.336 e. The molecule has 0 aliphatic carbocycles. The van der Waals surface area contributed by atoms with Crippen molar-refractivity contribution in [2.45, 2.75) is 23.6 Å². The zero-order valence-corrected chi connectivity index (χ0v) is 19.3. The molecule has 2 N–H and O–H groups in total. The third-order valence-electron chi connectivity index (χ3n) is 4.94. The first-order valence-electron chi connectivity index (χ1n) is 9.80. The van der Waals surface area contributed by atoms with Crippen LogP contribution in [0.15, 0.2) is 91.8 Å². The average molecular weight is 485 g/mol. The highest BCUT2D eigenvalue weighted by Crippen LogP contribution is 2.26. The highest BCUT2D eigenvalue weighted by Gasteiger charge is 2.20. The lowest BCUT2D eigenvalue weighted by Gasteiger charge is -2.14. The van der Waals surface area contributed by atoms with Gasteiger partial charge in [0.25, 0.3) is 20.0 Å². The van der Waals surface area contributed by atoms with Crippen molar-refractivity contribution >= 4 is 42.4 Å². The Bertz CT molecular complexity index is 1640. The SMILES string of the molecule is Cc1cccc(NS(=O)(=O)c2ccc(C)c(NS(=O)(=O)c3ccc4oc(=O)ccc4c3)c2)c1. The zero-order valence-electron chi connectivity index (χ0n) is 17.7. The fourth-order valence-corrected chi connectivity index (χ4v) is 5.45. The minimum Gasteiger partial charge on any atom is -0.423 e. The molecule has 0 fully saturated rings. The summed E-state index contributed by atoms with van der Waals surface area (Å²) in [4.78, 5) is 11.2. The number of rotatable bonds is 6. The van der Waals surface area contributed by atoms with Crippen molar-refractivity contribution in [3.05, 3.63) is 94.3 Å². The van der Waals surface area contributed by atoms with E-state index in [0.29, 0.717) is 16.6 Å². The van der Waals surface area contributed by atoms with Gasteiger partial charge >= 0.3 is 5.63 Å². The van der Waals surface area contributed by atoms with Crippen LogP contribution in [0.1, 0.15) is 11.1 Å². The molecule has 0 radical (unpaired) electrons. The first kappa shape index (κ1) is 22.6. The summed E-state index contributed by atoms with van der Waals surface area (Å²) in [6, 6.07) is 17.8. The Morgan fingerprint density at radius 3 is 2.18 bits per heavy atom. The fraction of sp³-hybridized carbons (Fsp3) is 0.0870. The summed E-state index contributed by atoms with van der Waals surface area (Å²) >= 11 is 0. The Morgan fingerprint density at radius 2 is 1.42 bits per heavy atom. The topological polar surface area (TPSA) is 123 Å². The van der Waals surface area contributed by atoms with Crippen LogP contribution in [-0.4, -0.2) is 16.8 Å². The van der Waals surface area contributed by atoms with E-state index in [0.717, 1.165) is 5.56 Å². The van der Waals surface area contributed by atoms with Crippen LogP contribution in [-0.2, 0) is 20.0 Å². The summed E-state index contributed by atoms with van der Waals surface area (Å²) in [6.45, 7) is 3.51. The molecule has 8 nitrogen and oxygen atoms in total. The van der Waals surface area contributed by atoms with Crippen LogP contribution in [0.25, 0.3) is 11.0 Å². The van der Waals surface area contributed by atoms with Gasteiger partial charge in [-0.25, -0.2) is 21.6 Å². The van der Waals surface area contributed by atoms with Crippen molar-refractivity contribution in [2.24, 2.45) is 0 Å². The molecule has 10 heteroatoms. The van der Waals surface area contributed by atoms with Crippen LogP contribution in [0.3, 0.4) is 0 Å². The van der Waals surface area contributed by atoms with E-state index in [-0.39, 0.29) is 21.1 Å². The molecule has 1 heterocycles. The molecule has 0 saturated heterocycles. The molecule has 0 spiro atoms. The normalized spacial score (nSPS) is 11.9. The van der Waals surface area contributed by atoms with Gasteiger partial charge in [0.05, 0.1) is 15.5 Å². The van der Waals surface area contributed by atoms with Crippen LogP contribution >= 0.6 is 0 Å². The predicted octanol–water partition coefficient (Wildman–Crippen LogP) is 4.01. The van der Waals surface area contributed by atoms with Gasteiger partial charge in [-0.15, -0.1) is 0 Å². The minimum absolute atomic E-state index is 0.0607. The van der Waals surface area contributed by atoms with Crippen LogP contribution in [0.2, 0.25) is 0 Å². The monoisotopic (exact) mass is 484 g/mol. The summed E-state index contributed by atoms with van der Waals surface area (Å²) in [5, 5.41) is 0.438. The molecule has 0 saturated carbocycles. The standard InChI is InChI=1S/C23H20N2O6S2/c1-15-4-3-5-18(12-15)24-32(27,28)20-8-6-16(2)21(14-20)25-33(29,30)19-9-10-22-17(13-19)7-11-23(26)31-22/h3-14,24-25H,1-2H3. The Hall–Kier alpha value is -3.63. The lowest BCUT2D eigenvalue weighted by Crippen LogP contribution is -2.16. The van der Waals surface area contributed by atoms with E-state index in [1.54, 1.807) is 25.1 Å². The summed E-state index contributed by atoms with van der Waals surface area (Å²) in [5.74, 6) is 0. The second-order valence-electron chi connectivity index (χ2n) is 7.51. The molecule has 4 aromatic rings. The van der Waals surface area contributed by atoms with Crippen molar-refractivity contribution in [3.8, 4) is 0 Å².